The Morgan fingerprint density at radius 2 is 1.41 bits per heavy atom. The number of benzene rings is 1. The molecule has 18 nitrogen and oxygen atoms in total. The third-order valence-electron chi connectivity index (χ3n) is 4.90. The van der Waals surface area contributed by atoms with Crippen LogP contribution in [0.4, 0.5) is 11.4 Å². The zero-order valence-corrected chi connectivity index (χ0v) is 21.6. The first-order valence-corrected chi connectivity index (χ1v) is 12.3. The predicted molar refractivity (Wildman–Crippen MR) is 122 cm³/mol. The zero-order valence-electron chi connectivity index (χ0n) is 20.8. The number of nitrogens with zero attached hydrogens (tertiary/aromatic N) is 2. The summed E-state index contributed by atoms with van der Waals surface area (Å²) in [6.45, 7) is 3.22. The first-order valence-electron chi connectivity index (χ1n) is 10.8. The van der Waals surface area contributed by atoms with Crippen molar-refractivity contribution >= 4 is 45.3 Å². The van der Waals surface area contributed by atoms with Crippen molar-refractivity contribution in [3.05, 3.63) is 38.4 Å². The lowest BCUT2D eigenvalue weighted by Crippen LogP contribution is -2.66. The van der Waals surface area contributed by atoms with E-state index in [2.05, 4.69) is 0 Å². The smallest absolute Gasteiger partial charge is 0.303 e. The Kier molecular flexibility index (Phi) is 9.97. The molecule has 1 aromatic carbocycles. The normalized spacial score (nSPS) is 22.7. The number of nitro benzene ring substituents is 2. The highest BCUT2D eigenvalue weighted by molar-refractivity contribution is 7.89. The summed E-state index contributed by atoms with van der Waals surface area (Å²) in [7, 11) is -4.98. The van der Waals surface area contributed by atoms with E-state index < -0.39 is 97.3 Å². The second-order valence-corrected chi connectivity index (χ2v) is 9.59. The number of esters is 4. The third kappa shape index (κ3) is 8.12. The standard InChI is InChI=1S/C20H23N3O15S/c1-9(24)34-8-15-17(35-10(2)25)18(36-11(3)26)19(37-12(4)27)20(38-15)21-39(32,33)16-6-5-13(22(28)29)7-14(16)23(30)31/h5-7,15,17-21H,8H2,1-4H3/t15?,17-,18-,19?,20+/m0/s1. The quantitative estimate of drug-likeness (QED) is 0.164. The van der Waals surface area contributed by atoms with Gasteiger partial charge < -0.3 is 23.7 Å². The fraction of sp³-hybridized carbons (Fsp3) is 0.500. The van der Waals surface area contributed by atoms with E-state index >= 15 is 0 Å². The van der Waals surface area contributed by atoms with Crippen LogP contribution in [0.25, 0.3) is 0 Å². The van der Waals surface area contributed by atoms with E-state index in [1.807, 2.05) is 4.72 Å². The van der Waals surface area contributed by atoms with Crippen LogP contribution in [0.5, 0.6) is 0 Å². The van der Waals surface area contributed by atoms with Crippen molar-refractivity contribution < 1.29 is 61.1 Å². The predicted octanol–water partition coefficient (Wildman–Crippen LogP) is -0.136. The molecule has 0 amide bonds. The van der Waals surface area contributed by atoms with Gasteiger partial charge in [0.25, 0.3) is 11.4 Å². The minimum absolute atomic E-state index is 0.418. The van der Waals surface area contributed by atoms with Gasteiger partial charge in [-0.15, -0.1) is 0 Å². The number of hydrogen-bond acceptors (Lipinski definition) is 15. The fourth-order valence-corrected chi connectivity index (χ4v) is 4.81. The van der Waals surface area contributed by atoms with E-state index in [1.165, 1.54) is 0 Å². The molecule has 19 heteroatoms. The fourth-order valence-electron chi connectivity index (χ4n) is 3.53. The van der Waals surface area contributed by atoms with Gasteiger partial charge in [-0.05, 0) is 6.07 Å². The van der Waals surface area contributed by atoms with Gasteiger partial charge >= 0.3 is 23.9 Å². The number of rotatable bonds is 10. The van der Waals surface area contributed by atoms with E-state index in [0.29, 0.717) is 18.2 Å². The third-order valence-corrected chi connectivity index (χ3v) is 6.37. The summed E-state index contributed by atoms with van der Waals surface area (Å²) in [5.41, 5.74) is -1.93. The maximum absolute atomic E-state index is 13.2. The number of nitro groups is 2. The Balaban J connectivity index is 2.62. The van der Waals surface area contributed by atoms with Crippen molar-refractivity contribution in [1.29, 1.82) is 0 Å². The largest absolute Gasteiger partial charge is 0.463 e. The maximum atomic E-state index is 13.2. The second kappa shape index (κ2) is 12.5. The molecule has 1 saturated heterocycles. The van der Waals surface area contributed by atoms with E-state index in [1.54, 1.807) is 0 Å². The van der Waals surface area contributed by atoms with Gasteiger partial charge in [0.05, 0.1) is 15.9 Å². The van der Waals surface area contributed by atoms with Gasteiger partial charge in [0.15, 0.2) is 29.4 Å². The lowest BCUT2D eigenvalue weighted by Gasteiger charge is -2.44. The molecule has 0 spiro atoms. The number of carbonyl (C=O) groups excluding carboxylic acids is 4. The van der Waals surface area contributed by atoms with Gasteiger partial charge in [0.2, 0.25) is 10.0 Å². The van der Waals surface area contributed by atoms with Gasteiger partial charge in [-0.3, -0.25) is 39.4 Å². The van der Waals surface area contributed by atoms with Gasteiger partial charge in [-0.2, -0.15) is 4.72 Å². The van der Waals surface area contributed by atoms with Gasteiger partial charge in [0, 0.05) is 33.8 Å². The Morgan fingerprint density at radius 3 is 1.90 bits per heavy atom. The van der Waals surface area contributed by atoms with E-state index in [4.69, 9.17) is 23.7 Å². The maximum Gasteiger partial charge on any atom is 0.303 e. The summed E-state index contributed by atoms with van der Waals surface area (Å²) in [6.07, 6.45) is -8.61. The van der Waals surface area contributed by atoms with E-state index in [0.717, 1.165) is 27.7 Å². The lowest BCUT2D eigenvalue weighted by molar-refractivity contribution is -0.396. The molecule has 2 unspecified atom stereocenters. The Bertz CT molecular complexity index is 1280. The Hall–Kier alpha value is -4.23. The minimum Gasteiger partial charge on any atom is -0.463 e. The average Bonchev–Trinajstić information content (AvgIpc) is 2.80. The zero-order chi connectivity index (χ0) is 29.7. The molecule has 1 fully saturated rings. The van der Waals surface area contributed by atoms with Crippen LogP contribution in [0, 0.1) is 20.2 Å². The molecule has 0 aliphatic carbocycles. The van der Waals surface area contributed by atoms with Crippen LogP contribution in [0.1, 0.15) is 27.7 Å². The van der Waals surface area contributed by atoms with Crippen molar-refractivity contribution in [2.24, 2.45) is 0 Å². The summed E-state index contributed by atoms with van der Waals surface area (Å²) < 4.78 is 54.3. The summed E-state index contributed by atoms with van der Waals surface area (Å²) in [5, 5.41) is 22.5. The van der Waals surface area contributed by atoms with E-state index in [9.17, 15) is 47.8 Å². The summed E-state index contributed by atoms with van der Waals surface area (Å²) in [5.74, 6) is -3.73. The van der Waals surface area contributed by atoms with Crippen molar-refractivity contribution in [1.82, 2.24) is 4.72 Å². The molecular formula is C20H23N3O15S. The molecule has 214 valence electrons. The average molecular weight is 577 g/mol. The molecule has 0 aromatic heterocycles. The van der Waals surface area contributed by atoms with Crippen LogP contribution < -0.4 is 4.72 Å². The highest BCUT2D eigenvalue weighted by atomic mass is 32.2. The van der Waals surface area contributed by atoms with Crippen molar-refractivity contribution in [3.63, 3.8) is 0 Å². The first kappa shape index (κ1) is 31.0. The van der Waals surface area contributed by atoms with Crippen molar-refractivity contribution in [2.75, 3.05) is 6.61 Å². The van der Waals surface area contributed by atoms with Crippen molar-refractivity contribution in [3.8, 4) is 0 Å². The molecule has 39 heavy (non-hydrogen) atoms. The molecule has 1 N–H and O–H groups in total. The molecule has 1 aromatic rings. The molecule has 0 saturated carbocycles. The van der Waals surface area contributed by atoms with Gasteiger partial charge in [-0.25, -0.2) is 8.42 Å². The summed E-state index contributed by atoms with van der Waals surface area (Å²) in [4.78, 5) is 66.2. The SMILES string of the molecule is CC(=O)OCC1O[C@@H](NS(=O)(=O)c2ccc([N+](=O)[O-])cc2[N+](=O)[O-])C(OC(C)=O)[C@@H](OC(C)=O)[C@H]1OC(C)=O. The Labute approximate surface area is 219 Å². The highest BCUT2D eigenvalue weighted by Gasteiger charge is 2.53. The van der Waals surface area contributed by atoms with E-state index in [-0.39, 0.29) is 0 Å². The number of carbonyl (C=O) groups is 4. The lowest BCUT2D eigenvalue weighted by atomic mass is 9.97. The molecule has 5 atom stereocenters. The minimum atomic E-state index is -4.98. The van der Waals surface area contributed by atoms with Crippen LogP contribution in [-0.4, -0.2) is 79.4 Å². The van der Waals surface area contributed by atoms with Crippen LogP contribution in [0.3, 0.4) is 0 Å². The number of non-ortho nitro benzene ring substituents is 1. The number of ether oxygens (including phenoxy) is 5. The molecule has 1 aliphatic rings. The van der Waals surface area contributed by atoms with Crippen LogP contribution in [0.15, 0.2) is 23.1 Å². The monoisotopic (exact) mass is 577 g/mol. The van der Waals surface area contributed by atoms with Crippen LogP contribution in [-0.2, 0) is 52.9 Å². The molecule has 1 aliphatic heterocycles. The van der Waals surface area contributed by atoms with Crippen LogP contribution >= 0.6 is 0 Å². The molecule has 2 rings (SSSR count). The van der Waals surface area contributed by atoms with Crippen LogP contribution in [0.2, 0.25) is 0 Å². The molecular weight excluding hydrogens is 554 g/mol. The summed E-state index contributed by atoms with van der Waals surface area (Å²) in [6, 6.07) is 1.72. The number of hydrogen-bond donors (Lipinski definition) is 1. The topological polar surface area (TPSA) is 247 Å². The number of sulfonamides is 1. The Morgan fingerprint density at radius 1 is 0.872 bits per heavy atom. The first-order chi connectivity index (χ1) is 18.0. The highest BCUT2D eigenvalue weighted by Crippen LogP contribution is 2.32. The summed E-state index contributed by atoms with van der Waals surface area (Å²) >= 11 is 0. The second-order valence-electron chi connectivity index (χ2n) is 7.91. The molecule has 0 bridgehead atoms. The molecule has 1 heterocycles. The number of nitrogens with one attached hydrogen (secondary N) is 1. The van der Waals surface area contributed by atoms with Crippen molar-refractivity contribution in [2.45, 2.75) is 63.2 Å². The van der Waals surface area contributed by atoms with Gasteiger partial charge in [0.1, 0.15) is 12.7 Å². The van der Waals surface area contributed by atoms with Gasteiger partial charge in [-0.1, -0.05) is 0 Å². The molecule has 0 radical (unpaired) electrons.